The van der Waals surface area contributed by atoms with E-state index >= 15 is 0 Å². The van der Waals surface area contributed by atoms with Gasteiger partial charge in [-0.25, -0.2) is 0 Å². The maximum Gasteiger partial charge on any atom is 0.225 e. The van der Waals surface area contributed by atoms with Crippen LogP contribution in [0.4, 0.5) is 0 Å². The maximum atomic E-state index is 12.4. The Kier molecular flexibility index (Phi) is 4.66. The molecule has 1 heterocycles. The van der Waals surface area contributed by atoms with Crippen LogP contribution in [0.1, 0.15) is 46.5 Å². The van der Waals surface area contributed by atoms with E-state index in [1.54, 1.807) is 0 Å². The van der Waals surface area contributed by atoms with E-state index in [-0.39, 0.29) is 5.92 Å². The fourth-order valence-electron chi connectivity index (χ4n) is 2.92. The molecule has 0 aromatic heterocycles. The zero-order valence-electron chi connectivity index (χ0n) is 12.1. The number of piperidine rings is 1. The second-order valence-electron chi connectivity index (χ2n) is 6.48. The predicted molar refractivity (Wildman–Crippen MR) is 74.3 cm³/mol. The van der Waals surface area contributed by atoms with Gasteiger partial charge in [0.15, 0.2) is 0 Å². The number of carbonyl (C=O) groups excluding carboxylic acids is 1. The maximum absolute atomic E-state index is 12.4. The molecule has 104 valence electrons. The smallest absolute Gasteiger partial charge is 0.225 e. The number of amides is 1. The van der Waals surface area contributed by atoms with Gasteiger partial charge in [0, 0.05) is 25.0 Å². The van der Waals surface area contributed by atoms with Crippen LogP contribution in [0.5, 0.6) is 0 Å². The van der Waals surface area contributed by atoms with E-state index in [9.17, 15) is 4.79 Å². The van der Waals surface area contributed by atoms with E-state index in [2.05, 4.69) is 31.0 Å². The highest BCUT2D eigenvalue weighted by atomic mass is 16.2. The van der Waals surface area contributed by atoms with Gasteiger partial charge in [-0.05, 0) is 44.1 Å². The lowest BCUT2D eigenvalue weighted by Crippen LogP contribution is -2.45. The summed E-state index contributed by atoms with van der Waals surface area (Å²) in [5.41, 5.74) is 0. The zero-order chi connectivity index (χ0) is 13.1. The first-order valence-corrected chi connectivity index (χ1v) is 7.60. The Hall–Kier alpha value is -0.570. The van der Waals surface area contributed by atoms with Crippen LogP contribution >= 0.6 is 0 Å². The summed E-state index contributed by atoms with van der Waals surface area (Å²) in [6.07, 6.45) is 4.97. The van der Waals surface area contributed by atoms with Crippen LogP contribution in [-0.2, 0) is 4.79 Å². The molecule has 0 spiro atoms. The monoisotopic (exact) mass is 252 g/mol. The van der Waals surface area contributed by atoms with Crippen molar-refractivity contribution in [1.82, 2.24) is 10.2 Å². The standard InChI is InChI=1S/C15H28N2O/c1-11(2)16-9-13-5-4-8-17(10-13)15(18)12(3)14-6-7-14/h11-14,16H,4-10H2,1-3H3. The number of likely N-dealkylation sites (tertiary alicyclic amines) is 1. The Morgan fingerprint density at radius 1 is 1.28 bits per heavy atom. The van der Waals surface area contributed by atoms with Gasteiger partial charge in [0.25, 0.3) is 0 Å². The molecule has 1 aliphatic heterocycles. The first-order chi connectivity index (χ1) is 8.58. The largest absolute Gasteiger partial charge is 0.342 e. The molecule has 18 heavy (non-hydrogen) atoms. The number of rotatable bonds is 5. The van der Waals surface area contributed by atoms with Crippen LogP contribution < -0.4 is 5.32 Å². The lowest BCUT2D eigenvalue weighted by Gasteiger charge is -2.35. The lowest BCUT2D eigenvalue weighted by atomic mass is 9.95. The molecule has 2 rings (SSSR count). The molecule has 1 N–H and O–H groups in total. The average Bonchev–Trinajstić information content (AvgIpc) is 3.19. The van der Waals surface area contributed by atoms with Crippen molar-refractivity contribution in [2.45, 2.75) is 52.5 Å². The van der Waals surface area contributed by atoms with Crippen molar-refractivity contribution in [1.29, 1.82) is 0 Å². The number of hydrogen-bond donors (Lipinski definition) is 1. The minimum Gasteiger partial charge on any atom is -0.342 e. The van der Waals surface area contributed by atoms with E-state index in [1.807, 2.05) is 0 Å². The summed E-state index contributed by atoms with van der Waals surface area (Å²) < 4.78 is 0. The Balaban J connectivity index is 1.80. The Morgan fingerprint density at radius 3 is 2.61 bits per heavy atom. The van der Waals surface area contributed by atoms with Crippen LogP contribution in [0.2, 0.25) is 0 Å². The van der Waals surface area contributed by atoms with Gasteiger partial charge in [-0.2, -0.15) is 0 Å². The SMILES string of the molecule is CC(C)NCC1CCCN(C(=O)C(C)C2CC2)C1. The molecule has 1 saturated heterocycles. The highest BCUT2D eigenvalue weighted by molar-refractivity contribution is 5.79. The van der Waals surface area contributed by atoms with E-state index in [1.165, 1.54) is 25.7 Å². The van der Waals surface area contributed by atoms with Gasteiger partial charge in [0.05, 0.1) is 0 Å². The summed E-state index contributed by atoms with van der Waals surface area (Å²) in [6.45, 7) is 9.49. The predicted octanol–water partition coefficient (Wildman–Crippen LogP) is 2.27. The van der Waals surface area contributed by atoms with Crippen LogP contribution in [0.25, 0.3) is 0 Å². The van der Waals surface area contributed by atoms with Gasteiger partial charge in [-0.1, -0.05) is 20.8 Å². The molecule has 0 aromatic rings. The summed E-state index contributed by atoms with van der Waals surface area (Å²) in [5, 5.41) is 3.50. The van der Waals surface area contributed by atoms with E-state index in [0.29, 0.717) is 23.8 Å². The quantitative estimate of drug-likeness (QED) is 0.814. The number of nitrogens with one attached hydrogen (secondary N) is 1. The molecular formula is C15H28N2O. The number of nitrogens with zero attached hydrogens (tertiary/aromatic N) is 1. The minimum atomic E-state index is 0.266. The van der Waals surface area contributed by atoms with Gasteiger partial charge in [0.2, 0.25) is 5.91 Å². The second kappa shape index (κ2) is 6.05. The summed E-state index contributed by atoms with van der Waals surface area (Å²) in [7, 11) is 0. The molecule has 2 fully saturated rings. The van der Waals surface area contributed by atoms with Crippen molar-refractivity contribution < 1.29 is 4.79 Å². The second-order valence-corrected chi connectivity index (χ2v) is 6.48. The molecule has 0 aromatic carbocycles. The fraction of sp³-hybridized carbons (Fsp3) is 0.933. The molecule has 1 amide bonds. The minimum absolute atomic E-state index is 0.266. The Bertz CT molecular complexity index is 286. The van der Waals surface area contributed by atoms with Crippen molar-refractivity contribution in [2.75, 3.05) is 19.6 Å². The normalized spacial score (nSPS) is 26.4. The summed E-state index contributed by atoms with van der Waals surface area (Å²) >= 11 is 0. The molecule has 0 radical (unpaired) electrons. The molecule has 3 heteroatoms. The van der Waals surface area contributed by atoms with Crippen LogP contribution in [-0.4, -0.2) is 36.5 Å². The van der Waals surface area contributed by atoms with Crippen LogP contribution in [0.3, 0.4) is 0 Å². The molecule has 3 nitrogen and oxygen atoms in total. The third-order valence-electron chi connectivity index (χ3n) is 4.36. The van der Waals surface area contributed by atoms with Crippen molar-refractivity contribution in [2.24, 2.45) is 17.8 Å². The highest BCUT2D eigenvalue weighted by Crippen LogP contribution is 2.37. The van der Waals surface area contributed by atoms with Gasteiger partial charge in [-0.3, -0.25) is 4.79 Å². The molecule has 2 aliphatic rings. The topological polar surface area (TPSA) is 32.3 Å². The van der Waals surface area contributed by atoms with Gasteiger partial charge in [-0.15, -0.1) is 0 Å². The van der Waals surface area contributed by atoms with Crippen LogP contribution in [0.15, 0.2) is 0 Å². The van der Waals surface area contributed by atoms with Gasteiger partial charge >= 0.3 is 0 Å². The van der Waals surface area contributed by atoms with E-state index in [4.69, 9.17) is 0 Å². The van der Waals surface area contributed by atoms with Crippen LogP contribution in [0, 0.1) is 17.8 Å². The summed E-state index contributed by atoms with van der Waals surface area (Å²) in [6, 6.07) is 0.543. The molecular weight excluding hydrogens is 224 g/mol. The number of hydrogen-bond acceptors (Lipinski definition) is 2. The first-order valence-electron chi connectivity index (χ1n) is 7.60. The van der Waals surface area contributed by atoms with E-state index in [0.717, 1.165) is 19.6 Å². The highest BCUT2D eigenvalue weighted by Gasteiger charge is 2.36. The summed E-state index contributed by atoms with van der Waals surface area (Å²) in [4.78, 5) is 14.5. The van der Waals surface area contributed by atoms with E-state index < -0.39 is 0 Å². The molecule has 0 bridgehead atoms. The molecule has 1 aliphatic carbocycles. The zero-order valence-corrected chi connectivity index (χ0v) is 12.1. The van der Waals surface area contributed by atoms with Gasteiger partial charge in [0.1, 0.15) is 0 Å². The van der Waals surface area contributed by atoms with Crippen molar-refractivity contribution >= 4 is 5.91 Å². The molecule has 1 saturated carbocycles. The Morgan fingerprint density at radius 2 is 2.00 bits per heavy atom. The summed E-state index contributed by atoms with van der Waals surface area (Å²) in [5.74, 6) is 2.01. The molecule has 2 atom stereocenters. The first kappa shape index (κ1) is 13.9. The third-order valence-corrected chi connectivity index (χ3v) is 4.36. The van der Waals surface area contributed by atoms with Crippen molar-refractivity contribution in [3.8, 4) is 0 Å². The third kappa shape index (κ3) is 3.71. The Labute approximate surface area is 111 Å². The lowest BCUT2D eigenvalue weighted by molar-refractivity contribution is -0.137. The number of carbonyl (C=O) groups is 1. The van der Waals surface area contributed by atoms with Crippen molar-refractivity contribution in [3.05, 3.63) is 0 Å². The average molecular weight is 252 g/mol. The fourth-order valence-corrected chi connectivity index (χ4v) is 2.92. The molecule has 2 unspecified atom stereocenters. The van der Waals surface area contributed by atoms with Crippen molar-refractivity contribution in [3.63, 3.8) is 0 Å². The van der Waals surface area contributed by atoms with Gasteiger partial charge < -0.3 is 10.2 Å².